The van der Waals surface area contributed by atoms with Crippen LogP contribution in [0.15, 0.2) is 65.6 Å². The van der Waals surface area contributed by atoms with Gasteiger partial charge in [-0.1, -0.05) is 0 Å². The van der Waals surface area contributed by atoms with Crippen LogP contribution >= 0.6 is 0 Å². The first-order valence-corrected chi connectivity index (χ1v) is 8.46. The molecule has 0 spiro atoms. The van der Waals surface area contributed by atoms with Crippen molar-refractivity contribution >= 4 is 23.2 Å². The van der Waals surface area contributed by atoms with Gasteiger partial charge in [-0.3, -0.25) is 0 Å². The molecule has 0 radical (unpaired) electrons. The molecule has 0 heterocycles. The summed E-state index contributed by atoms with van der Waals surface area (Å²) in [5.74, 6) is 0. The molecule has 0 bridgehead atoms. The van der Waals surface area contributed by atoms with Crippen LogP contribution in [0.5, 0.6) is 0 Å². The second kappa shape index (κ2) is 5.09. The Morgan fingerprint density at radius 3 is 1.88 bits per heavy atom. The first kappa shape index (κ1) is 11.8. The van der Waals surface area contributed by atoms with Crippen LogP contribution in [0.4, 0.5) is 0 Å². The third-order valence-corrected chi connectivity index (χ3v) is 5.30. The van der Waals surface area contributed by atoms with E-state index in [0.29, 0.717) is 4.46 Å². The van der Waals surface area contributed by atoms with Gasteiger partial charge in [-0.05, 0) is 0 Å². The molecule has 0 aliphatic rings. The third kappa shape index (κ3) is 3.13. The SMILES string of the molecule is O=[Se](=O)(/C=C\c1ccccc1)c1ccccc1. The van der Waals surface area contributed by atoms with Gasteiger partial charge in [0.15, 0.2) is 0 Å². The fourth-order valence-corrected chi connectivity index (χ4v) is 3.58. The van der Waals surface area contributed by atoms with Crippen molar-refractivity contribution in [3.05, 3.63) is 71.2 Å². The van der Waals surface area contributed by atoms with E-state index in [2.05, 4.69) is 0 Å². The summed E-state index contributed by atoms with van der Waals surface area (Å²) in [5.41, 5.74) is 0.886. The van der Waals surface area contributed by atoms with Crippen molar-refractivity contribution < 1.29 is 7.67 Å². The minimum absolute atomic E-state index is 0.385. The van der Waals surface area contributed by atoms with E-state index < -0.39 is 12.7 Å². The van der Waals surface area contributed by atoms with Gasteiger partial charge < -0.3 is 0 Å². The van der Waals surface area contributed by atoms with Crippen LogP contribution in [0.2, 0.25) is 0 Å². The van der Waals surface area contributed by atoms with Crippen LogP contribution in [-0.2, 0) is 7.67 Å². The quantitative estimate of drug-likeness (QED) is 0.814. The summed E-state index contributed by atoms with van der Waals surface area (Å²) in [5, 5.41) is 0. The molecule has 2 rings (SSSR count). The van der Waals surface area contributed by atoms with Crippen LogP contribution in [-0.4, -0.2) is 12.7 Å². The summed E-state index contributed by atoms with van der Waals surface area (Å²) in [6.07, 6.45) is 1.63. The fourth-order valence-electron chi connectivity index (χ4n) is 1.42. The van der Waals surface area contributed by atoms with E-state index >= 15 is 0 Å². The number of rotatable bonds is 3. The van der Waals surface area contributed by atoms with E-state index in [1.807, 2.05) is 30.3 Å². The Bertz CT molecular complexity index is 599. The summed E-state index contributed by atoms with van der Waals surface area (Å²) in [6, 6.07) is 17.9. The molecule has 0 amide bonds. The second-order valence-corrected chi connectivity index (χ2v) is 7.42. The molecule has 86 valence electrons. The summed E-state index contributed by atoms with van der Waals surface area (Å²) in [6.45, 7) is 0. The molecular weight excluding hydrogens is 279 g/mol. The fraction of sp³-hybridized carbons (Fsp3) is 0. The van der Waals surface area contributed by atoms with E-state index in [1.165, 1.54) is 4.97 Å². The summed E-state index contributed by atoms with van der Waals surface area (Å²) < 4.78 is 24.4. The molecule has 0 saturated carbocycles. The van der Waals surface area contributed by atoms with E-state index in [-0.39, 0.29) is 0 Å². The monoisotopic (exact) mass is 292 g/mol. The van der Waals surface area contributed by atoms with Gasteiger partial charge in [0.25, 0.3) is 0 Å². The Kier molecular flexibility index (Phi) is 3.52. The Balaban J connectivity index is 2.28. The van der Waals surface area contributed by atoms with Crippen molar-refractivity contribution in [3.63, 3.8) is 0 Å². The molecular formula is C14H12O2Se. The third-order valence-electron chi connectivity index (χ3n) is 2.31. The molecule has 0 fully saturated rings. The van der Waals surface area contributed by atoms with Crippen LogP contribution in [0.25, 0.3) is 6.08 Å². The molecule has 0 aliphatic carbocycles. The molecule has 0 unspecified atom stereocenters. The van der Waals surface area contributed by atoms with E-state index in [1.54, 1.807) is 36.4 Å². The van der Waals surface area contributed by atoms with Crippen molar-refractivity contribution in [2.24, 2.45) is 0 Å². The minimum atomic E-state index is -4.13. The molecule has 2 aromatic carbocycles. The van der Waals surface area contributed by atoms with E-state index in [4.69, 9.17) is 0 Å². The van der Waals surface area contributed by atoms with Gasteiger partial charge in [0.05, 0.1) is 0 Å². The van der Waals surface area contributed by atoms with Crippen LogP contribution in [0.3, 0.4) is 0 Å². The van der Waals surface area contributed by atoms with Crippen molar-refractivity contribution in [2.45, 2.75) is 0 Å². The molecule has 0 aliphatic heterocycles. The Hall–Kier alpha value is -1.70. The molecule has 0 N–H and O–H groups in total. The van der Waals surface area contributed by atoms with Gasteiger partial charge in [0.1, 0.15) is 0 Å². The molecule has 0 atom stereocenters. The number of hydrogen-bond acceptors (Lipinski definition) is 2. The molecule has 0 aromatic heterocycles. The van der Waals surface area contributed by atoms with E-state index in [0.717, 1.165) is 5.56 Å². The summed E-state index contributed by atoms with van der Waals surface area (Å²) in [7, 11) is 0. The molecule has 17 heavy (non-hydrogen) atoms. The first-order valence-electron chi connectivity index (χ1n) is 5.22. The second-order valence-electron chi connectivity index (χ2n) is 3.57. The van der Waals surface area contributed by atoms with Gasteiger partial charge >= 0.3 is 102 Å². The van der Waals surface area contributed by atoms with Crippen LogP contribution < -0.4 is 4.46 Å². The summed E-state index contributed by atoms with van der Waals surface area (Å²) in [4.78, 5) is 1.31. The average molecular weight is 291 g/mol. The molecule has 3 heteroatoms. The predicted molar refractivity (Wildman–Crippen MR) is 68.7 cm³/mol. The van der Waals surface area contributed by atoms with Crippen molar-refractivity contribution in [3.8, 4) is 0 Å². The average Bonchev–Trinajstić information content (AvgIpc) is 2.39. The molecule has 2 aromatic rings. The Morgan fingerprint density at radius 1 is 0.765 bits per heavy atom. The zero-order chi connectivity index (χ0) is 12.1. The zero-order valence-electron chi connectivity index (χ0n) is 9.15. The van der Waals surface area contributed by atoms with Gasteiger partial charge in [0.2, 0.25) is 0 Å². The number of benzene rings is 2. The van der Waals surface area contributed by atoms with Crippen molar-refractivity contribution in [2.75, 3.05) is 0 Å². The van der Waals surface area contributed by atoms with Crippen molar-refractivity contribution in [1.29, 1.82) is 0 Å². The van der Waals surface area contributed by atoms with Gasteiger partial charge in [-0.25, -0.2) is 0 Å². The zero-order valence-corrected chi connectivity index (χ0v) is 10.9. The Morgan fingerprint density at radius 2 is 1.29 bits per heavy atom. The van der Waals surface area contributed by atoms with Gasteiger partial charge in [-0.15, -0.1) is 0 Å². The topological polar surface area (TPSA) is 34.1 Å². The van der Waals surface area contributed by atoms with Crippen LogP contribution in [0.1, 0.15) is 5.56 Å². The number of hydrogen-bond donors (Lipinski definition) is 0. The van der Waals surface area contributed by atoms with E-state index in [9.17, 15) is 7.67 Å². The molecule has 0 saturated heterocycles. The maximum atomic E-state index is 12.0. The maximum absolute atomic E-state index is 12.0. The van der Waals surface area contributed by atoms with Crippen molar-refractivity contribution in [1.82, 2.24) is 0 Å². The predicted octanol–water partition coefficient (Wildman–Crippen LogP) is 2.45. The standard InChI is InChI=1S/C14H12O2Se/c15-17(16,14-9-5-2-6-10-14)12-11-13-7-3-1-4-8-13/h1-12H/b12-11-. The van der Waals surface area contributed by atoms with Crippen LogP contribution in [0, 0.1) is 0 Å². The summed E-state index contributed by atoms with van der Waals surface area (Å²) >= 11 is -4.13. The van der Waals surface area contributed by atoms with Gasteiger partial charge in [-0.2, -0.15) is 0 Å². The first-order chi connectivity index (χ1) is 8.18. The molecule has 2 nitrogen and oxygen atoms in total. The normalized spacial score (nSPS) is 11.8. The van der Waals surface area contributed by atoms with Gasteiger partial charge in [0, 0.05) is 0 Å². The Labute approximate surface area is 102 Å².